The second-order valence-electron chi connectivity index (χ2n) is 6.26. The van der Waals surface area contributed by atoms with Crippen molar-refractivity contribution in [2.24, 2.45) is 0 Å². The van der Waals surface area contributed by atoms with Gasteiger partial charge in [-0.25, -0.2) is 0 Å². The summed E-state index contributed by atoms with van der Waals surface area (Å²) < 4.78 is 4.11. The van der Waals surface area contributed by atoms with Gasteiger partial charge in [-0.2, -0.15) is 0 Å². The molecule has 0 saturated carbocycles. The van der Waals surface area contributed by atoms with Gasteiger partial charge in [-0.05, 0) is 43.5 Å². The molecular formula is C18H21N5O. The average Bonchev–Trinajstić information content (AvgIpc) is 3.34. The third-order valence-electron chi connectivity index (χ3n) is 4.68. The Hall–Kier alpha value is -2.63. The first-order chi connectivity index (χ1) is 11.8. The normalized spacial score (nSPS) is 17.7. The van der Waals surface area contributed by atoms with Gasteiger partial charge in [0.05, 0.1) is 6.04 Å². The van der Waals surface area contributed by atoms with E-state index in [1.807, 2.05) is 58.2 Å². The van der Waals surface area contributed by atoms with Crippen molar-refractivity contribution in [2.45, 2.75) is 38.3 Å². The van der Waals surface area contributed by atoms with Gasteiger partial charge in [0.15, 0.2) is 11.5 Å². The number of likely N-dealkylation sites (tertiary alicyclic amines) is 1. The number of fused-ring (bicyclic) bond motifs is 1. The maximum atomic E-state index is 12.7. The number of hydrogen-bond acceptors (Lipinski definition) is 3. The van der Waals surface area contributed by atoms with E-state index >= 15 is 0 Å². The molecule has 4 heterocycles. The highest BCUT2D eigenvalue weighted by Crippen LogP contribution is 2.31. The maximum absolute atomic E-state index is 12.7. The van der Waals surface area contributed by atoms with Crippen LogP contribution in [0.15, 0.2) is 48.9 Å². The monoisotopic (exact) mass is 323 g/mol. The van der Waals surface area contributed by atoms with Crippen molar-refractivity contribution < 1.29 is 4.79 Å². The summed E-state index contributed by atoms with van der Waals surface area (Å²) in [5, 5.41) is 8.57. The molecular weight excluding hydrogens is 302 g/mol. The number of rotatable bonds is 5. The fourth-order valence-electron chi connectivity index (χ4n) is 3.50. The van der Waals surface area contributed by atoms with Crippen LogP contribution < -0.4 is 0 Å². The van der Waals surface area contributed by atoms with E-state index in [1.165, 1.54) is 0 Å². The molecule has 6 nitrogen and oxygen atoms in total. The van der Waals surface area contributed by atoms with Crippen molar-refractivity contribution in [2.75, 3.05) is 6.54 Å². The molecule has 3 aromatic rings. The molecule has 3 aromatic heterocycles. The van der Waals surface area contributed by atoms with E-state index in [2.05, 4.69) is 14.8 Å². The van der Waals surface area contributed by atoms with Crippen LogP contribution in [0, 0.1) is 0 Å². The Bertz CT molecular complexity index is 823. The van der Waals surface area contributed by atoms with Crippen LogP contribution in [0.4, 0.5) is 0 Å². The van der Waals surface area contributed by atoms with Crippen molar-refractivity contribution in [1.82, 2.24) is 24.1 Å². The Morgan fingerprint density at radius 2 is 1.96 bits per heavy atom. The third-order valence-corrected chi connectivity index (χ3v) is 4.68. The number of nitrogens with zero attached hydrogens (tertiary/aromatic N) is 5. The molecule has 0 aromatic carbocycles. The minimum atomic E-state index is 0.0430. The van der Waals surface area contributed by atoms with Crippen molar-refractivity contribution in [3.63, 3.8) is 0 Å². The van der Waals surface area contributed by atoms with E-state index in [9.17, 15) is 4.79 Å². The Balaban J connectivity index is 1.45. The number of amides is 1. The van der Waals surface area contributed by atoms with Crippen LogP contribution in [0.25, 0.3) is 5.65 Å². The lowest BCUT2D eigenvalue weighted by Crippen LogP contribution is -2.31. The van der Waals surface area contributed by atoms with Gasteiger partial charge in [0.1, 0.15) is 0 Å². The van der Waals surface area contributed by atoms with E-state index in [-0.39, 0.29) is 11.9 Å². The lowest BCUT2D eigenvalue weighted by molar-refractivity contribution is -0.132. The van der Waals surface area contributed by atoms with Crippen molar-refractivity contribution >= 4 is 11.6 Å². The second-order valence-corrected chi connectivity index (χ2v) is 6.26. The van der Waals surface area contributed by atoms with Crippen LogP contribution in [0.5, 0.6) is 0 Å². The fraction of sp³-hybridized carbons (Fsp3) is 0.389. The standard InChI is InChI=1S/C18H21N5O/c24-17(9-6-12-21-10-3-4-11-21)22-14-5-7-15(22)18-20-19-16-8-1-2-13-23(16)18/h1-4,8,10-11,13,15H,5-7,9,12,14H2. The predicted molar refractivity (Wildman–Crippen MR) is 90.3 cm³/mol. The molecule has 0 spiro atoms. The minimum Gasteiger partial charge on any atom is -0.354 e. The van der Waals surface area contributed by atoms with Crippen LogP contribution >= 0.6 is 0 Å². The Morgan fingerprint density at radius 3 is 2.83 bits per heavy atom. The van der Waals surface area contributed by atoms with E-state index < -0.39 is 0 Å². The molecule has 24 heavy (non-hydrogen) atoms. The Kier molecular flexibility index (Phi) is 4.02. The average molecular weight is 323 g/mol. The van der Waals surface area contributed by atoms with Gasteiger partial charge in [-0.1, -0.05) is 6.07 Å². The molecule has 1 aliphatic rings. The first-order valence-electron chi connectivity index (χ1n) is 8.53. The second kappa shape index (κ2) is 6.47. The zero-order valence-electron chi connectivity index (χ0n) is 13.6. The first-order valence-corrected chi connectivity index (χ1v) is 8.53. The molecule has 6 heteroatoms. The molecule has 1 fully saturated rings. The maximum Gasteiger partial charge on any atom is 0.223 e. The summed E-state index contributed by atoms with van der Waals surface area (Å²) in [6.45, 7) is 1.69. The minimum absolute atomic E-state index is 0.0430. The zero-order valence-corrected chi connectivity index (χ0v) is 13.6. The van der Waals surface area contributed by atoms with E-state index in [0.29, 0.717) is 6.42 Å². The van der Waals surface area contributed by atoms with E-state index in [1.54, 1.807) is 0 Å². The van der Waals surface area contributed by atoms with Crippen LogP contribution in [0.2, 0.25) is 0 Å². The zero-order chi connectivity index (χ0) is 16.4. The number of carbonyl (C=O) groups is 1. The molecule has 1 unspecified atom stereocenters. The first kappa shape index (κ1) is 14.9. The number of aryl methyl sites for hydroxylation is 1. The Morgan fingerprint density at radius 1 is 1.12 bits per heavy atom. The molecule has 124 valence electrons. The van der Waals surface area contributed by atoms with Crippen LogP contribution in [-0.4, -0.2) is 36.5 Å². The summed E-state index contributed by atoms with van der Waals surface area (Å²) in [6, 6.07) is 9.92. The molecule has 1 atom stereocenters. The molecule has 1 aliphatic heterocycles. The molecule has 1 amide bonds. The molecule has 1 saturated heterocycles. The van der Waals surface area contributed by atoms with Crippen molar-refractivity contribution in [3.8, 4) is 0 Å². The summed E-state index contributed by atoms with van der Waals surface area (Å²) >= 11 is 0. The number of carbonyl (C=O) groups excluding carboxylic acids is 1. The largest absolute Gasteiger partial charge is 0.354 e. The summed E-state index contributed by atoms with van der Waals surface area (Å²) in [7, 11) is 0. The van der Waals surface area contributed by atoms with Gasteiger partial charge < -0.3 is 9.47 Å². The third kappa shape index (κ3) is 2.79. The summed E-state index contributed by atoms with van der Waals surface area (Å²) in [6.07, 6.45) is 9.45. The summed E-state index contributed by atoms with van der Waals surface area (Å²) in [4.78, 5) is 14.7. The summed E-state index contributed by atoms with van der Waals surface area (Å²) in [5.74, 6) is 1.10. The molecule has 4 rings (SSSR count). The van der Waals surface area contributed by atoms with Gasteiger partial charge in [-0.15, -0.1) is 10.2 Å². The molecule has 0 aliphatic carbocycles. The van der Waals surface area contributed by atoms with Crippen LogP contribution in [-0.2, 0) is 11.3 Å². The SMILES string of the molecule is O=C(CCCn1cccc1)N1CCCC1c1nnc2ccccn12. The quantitative estimate of drug-likeness (QED) is 0.725. The van der Waals surface area contributed by atoms with Crippen molar-refractivity contribution in [1.29, 1.82) is 0 Å². The summed E-state index contributed by atoms with van der Waals surface area (Å²) in [5.41, 5.74) is 0.833. The van der Waals surface area contributed by atoms with Crippen LogP contribution in [0.3, 0.4) is 0 Å². The molecule has 0 radical (unpaired) electrons. The lowest BCUT2D eigenvalue weighted by atomic mass is 10.2. The van der Waals surface area contributed by atoms with E-state index in [4.69, 9.17) is 0 Å². The van der Waals surface area contributed by atoms with Gasteiger partial charge >= 0.3 is 0 Å². The van der Waals surface area contributed by atoms with E-state index in [0.717, 1.165) is 43.8 Å². The molecule has 0 bridgehead atoms. The predicted octanol–water partition coefficient (Wildman–Crippen LogP) is 2.67. The molecule has 0 N–H and O–H groups in total. The lowest BCUT2D eigenvalue weighted by Gasteiger charge is -2.23. The van der Waals surface area contributed by atoms with Crippen molar-refractivity contribution in [3.05, 3.63) is 54.7 Å². The van der Waals surface area contributed by atoms with Gasteiger partial charge in [0.25, 0.3) is 0 Å². The number of aromatic nitrogens is 4. The van der Waals surface area contributed by atoms with Crippen LogP contribution in [0.1, 0.15) is 37.5 Å². The highest BCUT2D eigenvalue weighted by atomic mass is 16.2. The Labute approximate surface area is 140 Å². The smallest absolute Gasteiger partial charge is 0.223 e. The number of hydrogen-bond donors (Lipinski definition) is 0. The highest BCUT2D eigenvalue weighted by Gasteiger charge is 2.32. The van der Waals surface area contributed by atoms with Gasteiger partial charge in [0.2, 0.25) is 5.91 Å². The number of pyridine rings is 1. The fourth-order valence-corrected chi connectivity index (χ4v) is 3.50. The topological polar surface area (TPSA) is 55.4 Å². The van der Waals surface area contributed by atoms with Gasteiger partial charge in [0, 0.05) is 38.1 Å². The van der Waals surface area contributed by atoms with Gasteiger partial charge in [-0.3, -0.25) is 9.20 Å². The highest BCUT2D eigenvalue weighted by molar-refractivity contribution is 5.76.